The molecule has 3 nitrogen and oxygen atoms in total. The van der Waals surface area contributed by atoms with Crippen molar-refractivity contribution in [2.75, 3.05) is 19.6 Å². The molecule has 6 heteroatoms. The zero-order valence-corrected chi connectivity index (χ0v) is 10.0. The normalized spacial score (nSPS) is 16.0. The third kappa shape index (κ3) is 5.91. The van der Waals surface area contributed by atoms with Crippen LogP contribution in [0.1, 0.15) is 32.6 Å². The van der Waals surface area contributed by atoms with Gasteiger partial charge in [0, 0.05) is 19.0 Å². The fraction of sp³-hybridized carbons (Fsp3) is 0.909. The summed E-state index contributed by atoms with van der Waals surface area (Å²) in [7, 11) is 0. The van der Waals surface area contributed by atoms with Crippen LogP contribution in [-0.4, -0.2) is 42.7 Å². The van der Waals surface area contributed by atoms with Crippen molar-refractivity contribution in [1.29, 1.82) is 0 Å². The molecule has 0 aromatic carbocycles. The Morgan fingerprint density at radius 1 is 1.41 bits per heavy atom. The minimum absolute atomic E-state index is 0.0120. The first-order valence-corrected chi connectivity index (χ1v) is 6.01. The molecule has 100 valence electrons. The maximum absolute atomic E-state index is 11.8. The van der Waals surface area contributed by atoms with Crippen LogP contribution in [0.5, 0.6) is 0 Å². The van der Waals surface area contributed by atoms with Gasteiger partial charge in [-0.2, -0.15) is 13.2 Å². The molecule has 1 saturated carbocycles. The lowest BCUT2D eigenvalue weighted by atomic mass is 10.3. The maximum Gasteiger partial charge on any atom is 0.389 e. The van der Waals surface area contributed by atoms with Gasteiger partial charge in [0.15, 0.2) is 0 Å². The second-order valence-electron chi connectivity index (χ2n) is 4.31. The summed E-state index contributed by atoms with van der Waals surface area (Å²) in [6.07, 6.45) is -2.78. The third-order valence-electron chi connectivity index (χ3n) is 2.74. The standard InChI is InChI=1S/C11H19F3N2O/c1-2-16(9-4-5-9)10(17)8-15-7-3-6-11(12,13)14/h9,15H,2-8H2,1H3. The fourth-order valence-electron chi connectivity index (χ4n) is 1.74. The number of likely N-dealkylation sites (N-methyl/N-ethyl adjacent to an activating group) is 1. The summed E-state index contributed by atoms with van der Waals surface area (Å²) < 4.78 is 35.5. The largest absolute Gasteiger partial charge is 0.389 e. The van der Waals surface area contributed by atoms with E-state index >= 15 is 0 Å². The molecular formula is C11H19F3N2O. The highest BCUT2D eigenvalue weighted by molar-refractivity contribution is 5.78. The van der Waals surface area contributed by atoms with Gasteiger partial charge in [-0.05, 0) is 32.7 Å². The highest BCUT2D eigenvalue weighted by atomic mass is 19.4. The SMILES string of the molecule is CCN(C(=O)CNCCCC(F)(F)F)C1CC1. The lowest BCUT2D eigenvalue weighted by Crippen LogP contribution is -2.39. The first-order valence-electron chi connectivity index (χ1n) is 6.01. The number of carbonyl (C=O) groups is 1. The van der Waals surface area contributed by atoms with Gasteiger partial charge in [0.2, 0.25) is 5.91 Å². The minimum atomic E-state index is -4.10. The predicted molar refractivity (Wildman–Crippen MR) is 58.6 cm³/mol. The Bertz CT molecular complexity index is 252. The quantitative estimate of drug-likeness (QED) is 0.702. The zero-order chi connectivity index (χ0) is 12.9. The lowest BCUT2D eigenvalue weighted by molar-refractivity contribution is -0.135. The molecule has 0 spiro atoms. The number of halogens is 3. The van der Waals surface area contributed by atoms with Gasteiger partial charge in [-0.25, -0.2) is 0 Å². The second-order valence-corrected chi connectivity index (χ2v) is 4.31. The van der Waals surface area contributed by atoms with Crippen LogP contribution >= 0.6 is 0 Å². The van der Waals surface area contributed by atoms with Crippen molar-refractivity contribution in [2.24, 2.45) is 0 Å². The van der Waals surface area contributed by atoms with Gasteiger partial charge >= 0.3 is 6.18 Å². The highest BCUT2D eigenvalue weighted by Crippen LogP contribution is 2.26. The number of carbonyl (C=O) groups excluding carboxylic acids is 1. The van der Waals surface area contributed by atoms with Gasteiger partial charge < -0.3 is 10.2 Å². The second kappa shape index (κ2) is 6.23. The molecule has 0 bridgehead atoms. The van der Waals surface area contributed by atoms with E-state index in [2.05, 4.69) is 5.32 Å². The molecular weight excluding hydrogens is 233 g/mol. The maximum atomic E-state index is 11.8. The summed E-state index contributed by atoms with van der Waals surface area (Å²) in [6, 6.07) is 0.365. The molecule has 0 aliphatic heterocycles. The number of hydrogen-bond acceptors (Lipinski definition) is 2. The summed E-state index contributed by atoms with van der Waals surface area (Å²) >= 11 is 0. The minimum Gasteiger partial charge on any atom is -0.339 e. The average Bonchev–Trinajstić information content (AvgIpc) is 3.01. The van der Waals surface area contributed by atoms with E-state index in [0.717, 1.165) is 12.8 Å². The predicted octanol–water partition coefficient (Wildman–Crippen LogP) is 1.93. The number of hydrogen-bond donors (Lipinski definition) is 1. The number of alkyl halides is 3. The van der Waals surface area contributed by atoms with Crippen LogP contribution in [0.15, 0.2) is 0 Å². The van der Waals surface area contributed by atoms with Crippen molar-refractivity contribution in [3.63, 3.8) is 0 Å². The van der Waals surface area contributed by atoms with Crippen LogP contribution in [0.3, 0.4) is 0 Å². The molecule has 1 aliphatic carbocycles. The number of nitrogens with zero attached hydrogens (tertiary/aromatic N) is 1. The van der Waals surface area contributed by atoms with Crippen LogP contribution in [-0.2, 0) is 4.79 Å². The lowest BCUT2D eigenvalue weighted by Gasteiger charge is -2.20. The average molecular weight is 252 g/mol. The van der Waals surface area contributed by atoms with Crippen molar-refractivity contribution in [3.8, 4) is 0 Å². The van der Waals surface area contributed by atoms with E-state index in [0.29, 0.717) is 12.6 Å². The summed E-state index contributed by atoms with van der Waals surface area (Å²) in [5.41, 5.74) is 0. The van der Waals surface area contributed by atoms with Crippen LogP contribution in [0.2, 0.25) is 0 Å². The molecule has 0 unspecified atom stereocenters. The molecule has 1 aliphatic rings. The molecule has 0 aromatic heterocycles. The van der Waals surface area contributed by atoms with Crippen molar-refractivity contribution in [2.45, 2.75) is 44.8 Å². The molecule has 0 heterocycles. The van der Waals surface area contributed by atoms with E-state index in [9.17, 15) is 18.0 Å². The molecule has 1 amide bonds. The Balaban J connectivity index is 2.07. The molecule has 0 saturated heterocycles. The number of rotatable bonds is 7. The number of nitrogens with one attached hydrogen (secondary N) is 1. The summed E-state index contributed by atoms with van der Waals surface area (Å²) in [6.45, 7) is 2.96. The molecule has 0 aromatic rings. The Morgan fingerprint density at radius 3 is 2.53 bits per heavy atom. The van der Waals surface area contributed by atoms with E-state index < -0.39 is 12.6 Å². The van der Waals surface area contributed by atoms with Crippen molar-refractivity contribution < 1.29 is 18.0 Å². The zero-order valence-electron chi connectivity index (χ0n) is 10.0. The number of amides is 1. The summed E-state index contributed by atoms with van der Waals surface area (Å²) in [5.74, 6) is -0.0120. The Morgan fingerprint density at radius 2 is 2.06 bits per heavy atom. The summed E-state index contributed by atoms with van der Waals surface area (Å²) in [5, 5.41) is 2.76. The van der Waals surface area contributed by atoms with Gasteiger partial charge in [0.05, 0.1) is 6.54 Å². The van der Waals surface area contributed by atoms with E-state index in [1.807, 2.05) is 6.92 Å². The van der Waals surface area contributed by atoms with E-state index in [4.69, 9.17) is 0 Å². The first-order chi connectivity index (χ1) is 7.94. The van der Waals surface area contributed by atoms with Crippen LogP contribution in [0.25, 0.3) is 0 Å². The Kier molecular flexibility index (Phi) is 5.24. The monoisotopic (exact) mass is 252 g/mol. The first kappa shape index (κ1) is 14.3. The van der Waals surface area contributed by atoms with Gasteiger partial charge in [-0.1, -0.05) is 0 Å². The van der Waals surface area contributed by atoms with Crippen molar-refractivity contribution in [3.05, 3.63) is 0 Å². The van der Waals surface area contributed by atoms with Gasteiger partial charge in [-0.3, -0.25) is 4.79 Å². The summed E-state index contributed by atoms with van der Waals surface area (Å²) in [4.78, 5) is 13.4. The van der Waals surface area contributed by atoms with Gasteiger partial charge in [-0.15, -0.1) is 0 Å². The van der Waals surface area contributed by atoms with Crippen molar-refractivity contribution in [1.82, 2.24) is 10.2 Å². The molecule has 1 fully saturated rings. The Hall–Kier alpha value is -0.780. The molecule has 1 rings (SSSR count). The fourth-order valence-corrected chi connectivity index (χ4v) is 1.74. The Labute approximate surface area is 99.4 Å². The molecule has 0 radical (unpaired) electrons. The van der Waals surface area contributed by atoms with Crippen LogP contribution < -0.4 is 5.32 Å². The van der Waals surface area contributed by atoms with Gasteiger partial charge in [0.1, 0.15) is 0 Å². The molecule has 0 atom stereocenters. The van der Waals surface area contributed by atoms with Crippen molar-refractivity contribution >= 4 is 5.91 Å². The van der Waals surface area contributed by atoms with Crippen LogP contribution in [0, 0.1) is 0 Å². The van der Waals surface area contributed by atoms with E-state index in [1.165, 1.54) is 0 Å². The van der Waals surface area contributed by atoms with Gasteiger partial charge in [0.25, 0.3) is 0 Å². The topological polar surface area (TPSA) is 32.3 Å². The van der Waals surface area contributed by atoms with E-state index in [-0.39, 0.29) is 25.4 Å². The highest BCUT2D eigenvalue weighted by Gasteiger charge is 2.31. The smallest absolute Gasteiger partial charge is 0.339 e. The third-order valence-corrected chi connectivity index (χ3v) is 2.74. The van der Waals surface area contributed by atoms with Crippen LogP contribution in [0.4, 0.5) is 13.2 Å². The van der Waals surface area contributed by atoms with E-state index in [1.54, 1.807) is 4.90 Å². The molecule has 17 heavy (non-hydrogen) atoms. The molecule has 1 N–H and O–H groups in total.